The number of hydrogen-bond acceptors (Lipinski definition) is 1. The van der Waals surface area contributed by atoms with Crippen LogP contribution in [0.15, 0.2) is 36.9 Å². The zero-order valence-corrected chi connectivity index (χ0v) is 12.9. The summed E-state index contributed by atoms with van der Waals surface area (Å²) in [6.07, 6.45) is 7.67. The van der Waals surface area contributed by atoms with Crippen LogP contribution in [0.25, 0.3) is 0 Å². The second-order valence-electron chi connectivity index (χ2n) is 6.18. The zero-order chi connectivity index (χ0) is 15.2. The Bertz CT molecular complexity index is 467. The molecule has 0 spiro atoms. The number of hydrogen-bond donors (Lipinski definition) is 1. The standard InChI is InChI=1S/C19H26O2/c1-3-5-18(19(20)21)17-12-10-16(11-13-17)15-8-6-14(4-2)7-9-15/h3,6-9,16-18H,1,4-5,10-13H2,2H3,(H,20,21). The molecule has 0 radical (unpaired) electrons. The fraction of sp³-hybridized carbons (Fsp3) is 0.526. The van der Waals surface area contributed by atoms with Crippen LogP contribution in [-0.4, -0.2) is 11.1 Å². The first-order chi connectivity index (χ1) is 10.2. The largest absolute Gasteiger partial charge is 0.481 e. The number of carboxylic acid groups (broad SMARTS) is 1. The van der Waals surface area contributed by atoms with Gasteiger partial charge < -0.3 is 5.11 Å². The summed E-state index contributed by atoms with van der Waals surface area (Å²) in [6.45, 7) is 5.87. The number of rotatable bonds is 6. The maximum Gasteiger partial charge on any atom is 0.307 e. The first kappa shape index (κ1) is 15.8. The third-order valence-electron chi connectivity index (χ3n) is 4.94. The molecule has 114 valence electrons. The van der Waals surface area contributed by atoms with Gasteiger partial charge in [-0.15, -0.1) is 6.58 Å². The van der Waals surface area contributed by atoms with Crippen molar-refractivity contribution in [1.29, 1.82) is 0 Å². The molecule has 1 N–H and O–H groups in total. The molecule has 2 heteroatoms. The van der Waals surface area contributed by atoms with Crippen molar-refractivity contribution < 1.29 is 9.90 Å². The van der Waals surface area contributed by atoms with Crippen LogP contribution in [0.2, 0.25) is 0 Å². The summed E-state index contributed by atoms with van der Waals surface area (Å²) in [5, 5.41) is 9.35. The Morgan fingerprint density at radius 3 is 2.38 bits per heavy atom. The van der Waals surface area contributed by atoms with Gasteiger partial charge in [0.25, 0.3) is 0 Å². The number of allylic oxidation sites excluding steroid dienone is 1. The molecule has 0 amide bonds. The Hall–Kier alpha value is -1.57. The summed E-state index contributed by atoms with van der Waals surface area (Å²) in [5.74, 6) is 0.00793. The Kier molecular flexibility index (Phi) is 5.60. The van der Waals surface area contributed by atoms with Gasteiger partial charge in [-0.1, -0.05) is 37.3 Å². The van der Waals surface area contributed by atoms with Gasteiger partial charge in [-0.2, -0.15) is 0 Å². The Morgan fingerprint density at radius 2 is 1.90 bits per heavy atom. The van der Waals surface area contributed by atoms with Gasteiger partial charge in [-0.25, -0.2) is 0 Å². The van der Waals surface area contributed by atoms with Gasteiger partial charge in [0.05, 0.1) is 5.92 Å². The van der Waals surface area contributed by atoms with Crippen molar-refractivity contribution in [3.63, 3.8) is 0 Å². The van der Waals surface area contributed by atoms with E-state index in [0.717, 1.165) is 32.1 Å². The lowest BCUT2D eigenvalue weighted by molar-refractivity contribution is -0.144. The van der Waals surface area contributed by atoms with Gasteiger partial charge in [-0.3, -0.25) is 4.79 Å². The maximum atomic E-state index is 11.4. The summed E-state index contributed by atoms with van der Waals surface area (Å²) in [7, 11) is 0. The number of aliphatic carboxylic acids is 1. The first-order valence-electron chi connectivity index (χ1n) is 8.08. The molecule has 0 aliphatic heterocycles. The average molecular weight is 286 g/mol. The summed E-state index contributed by atoms with van der Waals surface area (Å²) < 4.78 is 0. The van der Waals surface area contributed by atoms with Crippen LogP contribution in [-0.2, 0) is 11.2 Å². The summed E-state index contributed by atoms with van der Waals surface area (Å²) >= 11 is 0. The normalized spacial score (nSPS) is 23.5. The number of carbonyl (C=O) groups is 1. The molecule has 0 aromatic heterocycles. The fourth-order valence-electron chi connectivity index (χ4n) is 3.55. The van der Waals surface area contributed by atoms with Crippen molar-refractivity contribution in [3.8, 4) is 0 Å². The minimum Gasteiger partial charge on any atom is -0.481 e. The molecule has 1 fully saturated rings. The topological polar surface area (TPSA) is 37.3 Å². The lowest BCUT2D eigenvalue weighted by Gasteiger charge is -2.32. The molecular weight excluding hydrogens is 260 g/mol. The van der Waals surface area contributed by atoms with Crippen LogP contribution in [0, 0.1) is 11.8 Å². The van der Waals surface area contributed by atoms with E-state index in [1.165, 1.54) is 11.1 Å². The predicted molar refractivity (Wildman–Crippen MR) is 86.5 cm³/mol. The van der Waals surface area contributed by atoms with E-state index in [-0.39, 0.29) is 5.92 Å². The Labute approximate surface area is 127 Å². The van der Waals surface area contributed by atoms with Gasteiger partial charge in [0, 0.05) is 0 Å². The van der Waals surface area contributed by atoms with E-state index in [4.69, 9.17) is 0 Å². The van der Waals surface area contributed by atoms with E-state index < -0.39 is 5.97 Å². The highest BCUT2D eigenvalue weighted by atomic mass is 16.4. The Balaban J connectivity index is 1.95. The molecule has 1 aromatic rings. The molecule has 1 aliphatic carbocycles. The molecule has 2 rings (SSSR count). The van der Waals surface area contributed by atoms with Crippen molar-refractivity contribution >= 4 is 5.97 Å². The monoisotopic (exact) mass is 286 g/mol. The molecule has 21 heavy (non-hydrogen) atoms. The highest BCUT2D eigenvalue weighted by molar-refractivity contribution is 5.70. The first-order valence-corrected chi connectivity index (χ1v) is 8.08. The van der Waals surface area contributed by atoms with Crippen LogP contribution in [0.4, 0.5) is 0 Å². The van der Waals surface area contributed by atoms with Crippen LogP contribution < -0.4 is 0 Å². The van der Waals surface area contributed by atoms with Crippen molar-refractivity contribution in [2.75, 3.05) is 0 Å². The second kappa shape index (κ2) is 7.44. The summed E-state index contributed by atoms with van der Waals surface area (Å²) in [5.41, 5.74) is 2.80. The van der Waals surface area contributed by atoms with Gasteiger partial charge >= 0.3 is 5.97 Å². The molecule has 2 nitrogen and oxygen atoms in total. The van der Waals surface area contributed by atoms with E-state index in [1.807, 2.05) is 0 Å². The molecule has 0 bridgehead atoms. The van der Waals surface area contributed by atoms with Crippen molar-refractivity contribution in [3.05, 3.63) is 48.0 Å². The average Bonchev–Trinajstić information content (AvgIpc) is 2.53. The zero-order valence-electron chi connectivity index (χ0n) is 12.9. The van der Waals surface area contributed by atoms with Crippen molar-refractivity contribution in [2.24, 2.45) is 11.8 Å². The number of benzene rings is 1. The van der Waals surface area contributed by atoms with E-state index in [0.29, 0.717) is 18.3 Å². The molecule has 1 unspecified atom stereocenters. The SMILES string of the molecule is C=CCC(C(=O)O)C1CCC(c2ccc(CC)cc2)CC1. The second-order valence-corrected chi connectivity index (χ2v) is 6.18. The number of carboxylic acids is 1. The van der Waals surface area contributed by atoms with Crippen LogP contribution in [0.1, 0.15) is 56.1 Å². The third-order valence-corrected chi connectivity index (χ3v) is 4.94. The van der Waals surface area contributed by atoms with Crippen LogP contribution in [0.5, 0.6) is 0 Å². The molecule has 1 aliphatic rings. The van der Waals surface area contributed by atoms with E-state index >= 15 is 0 Å². The van der Waals surface area contributed by atoms with Gasteiger partial charge in [0.1, 0.15) is 0 Å². The number of aryl methyl sites for hydroxylation is 1. The van der Waals surface area contributed by atoms with Gasteiger partial charge in [-0.05, 0) is 61.5 Å². The summed E-state index contributed by atoms with van der Waals surface area (Å²) in [6, 6.07) is 8.95. The summed E-state index contributed by atoms with van der Waals surface area (Å²) in [4.78, 5) is 11.4. The molecule has 1 atom stereocenters. The minimum absolute atomic E-state index is 0.245. The molecule has 0 saturated heterocycles. The highest BCUT2D eigenvalue weighted by Gasteiger charge is 2.31. The van der Waals surface area contributed by atoms with E-state index in [2.05, 4.69) is 37.8 Å². The third kappa shape index (κ3) is 3.96. The molecular formula is C19H26O2. The fourth-order valence-corrected chi connectivity index (χ4v) is 3.55. The maximum absolute atomic E-state index is 11.4. The molecule has 0 heterocycles. The minimum atomic E-state index is -0.661. The van der Waals surface area contributed by atoms with Crippen molar-refractivity contribution in [2.45, 2.75) is 51.4 Å². The van der Waals surface area contributed by atoms with Gasteiger partial charge in [0.15, 0.2) is 0 Å². The van der Waals surface area contributed by atoms with Crippen LogP contribution in [0.3, 0.4) is 0 Å². The smallest absolute Gasteiger partial charge is 0.307 e. The Morgan fingerprint density at radius 1 is 1.29 bits per heavy atom. The lowest BCUT2D eigenvalue weighted by Crippen LogP contribution is -2.26. The van der Waals surface area contributed by atoms with Crippen molar-refractivity contribution in [1.82, 2.24) is 0 Å². The predicted octanol–water partition coefficient (Wildman–Crippen LogP) is 4.80. The molecule has 1 saturated carbocycles. The lowest BCUT2D eigenvalue weighted by atomic mass is 9.73. The van der Waals surface area contributed by atoms with Crippen LogP contribution >= 0.6 is 0 Å². The van der Waals surface area contributed by atoms with Gasteiger partial charge in [0.2, 0.25) is 0 Å². The van der Waals surface area contributed by atoms with E-state index in [1.54, 1.807) is 6.08 Å². The highest BCUT2D eigenvalue weighted by Crippen LogP contribution is 2.39. The van der Waals surface area contributed by atoms with E-state index in [9.17, 15) is 9.90 Å². The quantitative estimate of drug-likeness (QED) is 0.763. The molecule has 1 aromatic carbocycles.